The van der Waals surface area contributed by atoms with Gasteiger partial charge in [-0.1, -0.05) is 36.4 Å². The summed E-state index contributed by atoms with van der Waals surface area (Å²) in [6, 6.07) is 21.3. The van der Waals surface area contributed by atoms with Gasteiger partial charge in [-0.05, 0) is 86.3 Å². The molecule has 2 N–H and O–H groups in total. The van der Waals surface area contributed by atoms with E-state index in [4.69, 9.17) is 4.74 Å². The highest BCUT2D eigenvalue weighted by Gasteiger charge is 2.65. The summed E-state index contributed by atoms with van der Waals surface area (Å²) in [7, 11) is 3.87. The summed E-state index contributed by atoms with van der Waals surface area (Å²) < 4.78 is 5.43. The maximum atomic E-state index is 13.0. The molecule has 1 amide bonds. The predicted molar refractivity (Wildman–Crippen MR) is 149 cm³/mol. The molecule has 37 heavy (non-hydrogen) atoms. The fourth-order valence-electron chi connectivity index (χ4n) is 6.43. The van der Waals surface area contributed by atoms with Crippen molar-refractivity contribution < 1.29 is 9.53 Å². The Morgan fingerprint density at radius 1 is 1.00 bits per heavy atom. The summed E-state index contributed by atoms with van der Waals surface area (Å²) in [5, 5.41) is 12.1. The molecule has 3 heterocycles. The Morgan fingerprint density at radius 3 is 2.51 bits per heavy atom. The zero-order valence-corrected chi connectivity index (χ0v) is 21.9. The summed E-state index contributed by atoms with van der Waals surface area (Å²) in [5.41, 5.74) is 7.16. The number of hydrogen-bond donors (Lipinski definition) is 2. The lowest BCUT2D eigenvalue weighted by Gasteiger charge is -2.29. The van der Waals surface area contributed by atoms with Crippen LogP contribution >= 0.6 is 12.4 Å². The fourth-order valence-corrected chi connectivity index (χ4v) is 6.43. The summed E-state index contributed by atoms with van der Waals surface area (Å²) in [6.45, 7) is 2.34. The Balaban J connectivity index is 0.00000252. The van der Waals surface area contributed by atoms with Crippen LogP contribution in [0.4, 0.5) is 5.69 Å². The van der Waals surface area contributed by atoms with E-state index in [2.05, 4.69) is 69.9 Å². The molecular weight excluding hydrogens is 484 g/mol. The first kappa shape index (κ1) is 24.0. The fraction of sp³-hybridized carbons (Fsp3) is 0.333. The Labute approximate surface area is 222 Å². The smallest absolute Gasteiger partial charge is 0.235 e. The largest absolute Gasteiger partial charge is 0.497 e. The molecule has 0 unspecified atom stereocenters. The lowest BCUT2D eigenvalue weighted by molar-refractivity contribution is -0.118. The molecule has 190 valence electrons. The molecule has 6 nitrogen and oxygen atoms in total. The van der Waals surface area contributed by atoms with Crippen molar-refractivity contribution in [2.45, 2.75) is 36.5 Å². The monoisotopic (exact) mass is 514 g/mol. The van der Waals surface area contributed by atoms with Crippen LogP contribution in [0, 0.1) is 0 Å². The minimum absolute atomic E-state index is 0. The Morgan fingerprint density at radius 2 is 1.76 bits per heavy atom. The first-order valence-electron chi connectivity index (χ1n) is 12.8. The van der Waals surface area contributed by atoms with Gasteiger partial charge >= 0.3 is 0 Å². The molecule has 0 bridgehead atoms. The molecule has 4 aromatic rings. The number of piperidine rings is 1. The van der Waals surface area contributed by atoms with Crippen LogP contribution in [0.25, 0.3) is 22.2 Å². The lowest BCUT2D eigenvalue weighted by Crippen LogP contribution is -2.29. The van der Waals surface area contributed by atoms with Crippen molar-refractivity contribution >= 4 is 34.9 Å². The highest BCUT2D eigenvalue weighted by molar-refractivity contribution is 6.10. The van der Waals surface area contributed by atoms with Gasteiger partial charge in [-0.15, -0.1) is 12.4 Å². The van der Waals surface area contributed by atoms with Gasteiger partial charge in [-0.25, -0.2) is 0 Å². The normalized spacial score (nSPS) is 23.1. The number of fused-ring (bicyclic) bond motifs is 3. The molecule has 3 aliphatic rings. The zero-order valence-electron chi connectivity index (χ0n) is 21.1. The number of nitrogens with zero attached hydrogens (tertiary/aromatic N) is 2. The van der Waals surface area contributed by atoms with E-state index in [-0.39, 0.29) is 24.2 Å². The maximum Gasteiger partial charge on any atom is 0.235 e. The highest BCUT2D eigenvalue weighted by atomic mass is 35.5. The number of likely N-dealkylation sites (tertiary alicyclic amines) is 1. The van der Waals surface area contributed by atoms with Gasteiger partial charge in [0.15, 0.2) is 0 Å². The number of nitrogens with one attached hydrogen (secondary N) is 2. The summed E-state index contributed by atoms with van der Waals surface area (Å²) in [4.78, 5) is 15.4. The van der Waals surface area contributed by atoms with Crippen LogP contribution in [0.5, 0.6) is 5.75 Å². The third-order valence-electron chi connectivity index (χ3n) is 8.68. The number of hydrogen-bond acceptors (Lipinski definition) is 4. The average Bonchev–Trinajstić information content (AvgIpc) is 3.44. The van der Waals surface area contributed by atoms with Crippen LogP contribution in [0.2, 0.25) is 0 Å². The topological polar surface area (TPSA) is 70.2 Å². The van der Waals surface area contributed by atoms with Crippen LogP contribution in [-0.2, 0) is 10.2 Å². The molecule has 1 spiro atoms. The first-order chi connectivity index (χ1) is 17.6. The van der Waals surface area contributed by atoms with Crippen LogP contribution < -0.4 is 10.1 Å². The number of H-pyrrole nitrogens is 1. The van der Waals surface area contributed by atoms with Gasteiger partial charge in [0.05, 0.1) is 23.7 Å². The minimum atomic E-state index is -0.496. The number of amides is 1. The number of anilines is 1. The number of carbonyl (C=O) groups is 1. The number of benzene rings is 3. The van der Waals surface area contributed by atoms with Gasteiger partial charge in [0.1, 0.15) is 5.75 Å². The molecule has 3 aromatic carbocycles. The van der Waals surface area contributed by atoms with E-state index >= 15 is 0 Å². The van der Waals surface area contributed by atoms with Gasteiger partial charge in [-0.2, -0.15) is 5.10 Å². The molecule has 7 rings (SSSR count). The van der Waals surface area contributed by atoms with Crippen LogP contribution in [-0.4, -0.2) is 48.3 Å². The molecule has 2 atom stereocenters. The van der Waals surface area contributed by atoms with Gasteiger partial charge in [0, 0.05) is 22.6 Å². The molecular formula is C30H31ClN4O2. The number of aromatic nitrogens is 2. The second-order valence-electron chi connectivity index (χ2n) is 10.7. The number of carbonyl (C=O) groups excluding carboxylic acids is 1. The Hall–Kier alpha value is -3.35. The number of halogens is 1. The third kappa shape index (κ3) is 3.73. The number of rotatable bonds is 4. The van der Waals surface area contributed by atoms with E-state index in [1.165, 1.54) is 37.1 Å². The van der Waals surface area contributed by atoms with Crippen LogP contribution in [0.3, 0.4) is 0 Å². The summed E-state index contributed by atoms with van der Waals surface area (Å²) >= 11 is 0. The number of ether oxygens (including phenoxy) is 1. The van der Waals surface area contributed by atoms with Gasteiger partial charge in [0.25, 0.3) is 0 Å². The molecule has 1 aromatic heterocycles. The maximum absolute atomic E-state index is 13.0. The van der Waals surface area contributed by atoms with E-state index < -0.39 is 5.41 Å². The van der Waals surface area contributed by atoms with Crippen LogP contribution in [0.15, 0.2) is 60.7 Å². The Bertz CT molecular complexity index is 1490. The van der Waals surface area contributed by atoms with Gasteiger partial charge in [-0.3, -0.25) is 9.89 Å². The van der Waals surface area contributed by atoms with Crippen molar-refractivity contribution in [2.24, 2.45) is 0 Å². The molecule has 1 saturated heterocycles. The first-order valence-corrected chi connectivity index (χ1v) is 12.8. The van der Waals surface area contributed by atoms with Crippen molar-refractivity contribution in [3.05, 3.63) is 77.4 Å². The third-order valence-corrected chi connectivity index (χ3v) is 8.68. The average molecular weight is 515 g/mol. The van der Waals surface area contributed by atoms with E-state index in [1.807, 2.05) is 18.2 Å². The van der Waals surface area contributed by atoms with Gasteiger partial charge < -0.3 is 15.0 Å². The van der Waals surface area contributed by atoms with E-state index in [0.29, 0.717) is 5.92 Å². The molecule has 2 aliphatic heterocycles. The van der Waals surface area contributed by atoms with Gasteiger partial charge in [0.2, 0.25) is 5.91 Å². The quantitative estimate of drug-likeness (QED) is 0.358. The highest BCUT2D eigenvalue weighted by Crippen LogP contribution is 2.65. The van der Waals surface area contributed by atoms with Crippen molar-refractivity contribution in [1.82, 2.24) is 15.1 Å². The number of aromatic amines is 1. The second kappa shape index (κ2) is 8.89. The molecule has 1 saturated carbocycles. The number of methoxy groups -OCH3 is 1. The van der Waals surface area contributed by atoms with Crippen LogP contribution in [0.1, 0.15) is 47.8 Å². The van der Waals surface area contributed by atoms with Crippen molar-refractivity contribution in [3.8, 4) is 17.0 Å². The molecule has 7 heteroatoms. The Kier molecular flexibility index (Phi) is 5.77. The standard InChI is InChI=1S/C30H30N4O2.ClH/c1-34-13-11-19(12-14-34)18-3-5-20(6-4-18)28-23-9-7-21(15-27(23)32-33-28)25-17-30(25)24-16-22(36-2)8-10-26(24)31-29(30)35;/h3-10,15-16,19,25H,11-14,17H2,1-2H3,(H,31,35)(H,32,33);1H/t25-,30-;/m0./s1. The second-order valence-corrected chi connectivity index (χ2v) is 10.7. The lowest BCUT2D eigenvalue weighted by atomic mass is 9.89. The van der Waals surface area contributed by atoms with Crippen molar-refractivity contribution in [1.29, 1.82) is 0 Å². The molecule has 1 aliphatic carbocycles. The predicted octanol–water partition coefficient (Wildman–Crippen LogP) is 5.85. The van der Waals surface area contributed by atoms with E-state index in [0.717, 1.165) is 45.6 Å². The van der Waals surface area contributed by atoms with Crippen molar-refractivity contribution in [3.63, 3.8) is 0 Å². The van der Waals surface area contributed by atoms with E-state index in [1.54, 1.807) is 7.11 Å². The molecule has 2 fully saturated rings. The SMILES string of the molecule is COc1ccc2c(c1)[C@]1(C[C@H]1c1ccc3c(-c4ccc(C5CCN(C)CC5)cc4)n[nH]c3c1)C(=O)N2.Cl. The zero-order chi connectivity index (χ0) is 24.4. The molecule has 0 radical (unpaired) electrons. The summed E-state index contributed by atoms with van der Waals surface area (Å²) in [5.74, 6) is 1.67. The van der Waals surface area contributed by atoms with E-state index in [9.17, 15) is 4.79 Å². The minimum Gasteiger partial charge on any atom is -0.497 e. The summed E-state index contributed by atoms with van der Waals surface area (Å²) in [6.07, 6.45) is 3.26. The van der Waals surface area contributed by atoms with Crippen molar-refractivity contribution in [2.75, 3.05) is 32.6 Å².